The first kappa shape index (κ1) is 15.7. The van der Waals surface area contributed by atoms with Crippen LogP contribution in [0.2, 0.25) is 0 Å². The summed E-state index contributed by atoms with van der Waals surface area (Å²) in [6, 6.07) is 4.26. The van der Waals surface area contributed by atoms with Gasteiger partial charge in [-0.05, 0) is 12.0 Å². The number of nitriles is 1. The summed E-state index contributed by atoms with van der Waals surface area (Å²) in [7, 11) is 0. The molecule has 0 bridgehead atoms. The van der Waals surface area contributed by atoms with Gasteiger partial charge in [0.15, 0.2) is 0 Å². The lowest BCUT2D eigenvalue weighted by Crippen LogP contribution is -2.18. The molecule has 17 heavy (non-hydrogen) atoms. The second-order valence-electron chi connectivity index (χ2n) is 5.17. The van der Waals surface area contributed by atoms with E-state index in [1.54, 1.807) is 0 Å². The summed E-state index contributed by atoms with van der Waals surface area (Å²) in [5.41, 5.74) is 2.24. The van der Waals surface area contributed by atoms with Crippen molar-refractivity contribution >= 4 is 0 Å². The Balaban J connectivity index is 0.00000121. The summed E-state index contributed by atoms with van der Waals surface area (Å²) >= 11 is 0. The maximum Gasteiger partial charge on any atom is 0.128 e. The molecule has 0 spiro atoms. The Morgan fingerprint density at radius 2 is 1.88 bits per heavy atom. The number of hydrogen-bond acceptors (Lipinski definition) is 2. The van der Waals surface area contributed by atoms with E-state index in [4.69, 9.17) is 5.26 Å². The highest BCUT2D eigenvalue weighted by atomic mass is 15.3. The van der Waals surface area contributed by atoms with Crippen LogP contribution in [-0.2, 0) is 12.0 Å². The molecule has 0 aliphatic rings. The second kappa shape index (κ2) is 6.44. The minimum Gasteiger partial charge on any atom is -0.255 e. The maximum absolute atomic E-state index is 8.75. The van der Waals surface area contributed by atoms with E-state index in [2.05, 4.69) is 51.9 Å². The van der Waals surface area contributed by atoms with E-state index in [0.29, 0.717) is 12.5 Å². The van der Waals surface area contributed by atoms with Gasteiger partial charge >= 0.3 is 0 Å². The van der Waals surface area contributed by atoms with Crippen LogP contribution in [0.15, 0.2) is 6.07 Å². The van der Waals surface area contributed by atoms with Gasteiger partial charge < -0.3 is 0 Å². The summed E-state index contributed by atoms with van der Waals surface area (Å²) in [5.74, 6) is 0.408. The van der Waals surface area contributed by atoms with E-state index in [9.17, 15) is 0 Å². The molecule has 1 heterocycles. The second-order valence-corrected chi connectivity index (χ2v) is 5.17. The van der Waals surface area contributed by atoms with Crippen LogP contribution in [0.4, 0.5) is 0 Å². The Labute approximate surface area is 105 Å². The summed E-state index contributed by atoms with van der Waals surface area (Å²) in [6.45, 7) is 15.0. The summed E-state index contributed by atoms with van der Waals surface area (Å²) in [5, 5.41) is 13.2. The van der Waals surface area contributed by atoms with Crippen molar-refractivity contribution in [3.63, 3.8) is 0 Å². The first-order chi connectivity index (χ1) is 7.86. The molecule has 0 amide bonds. The molecule has 0 aliphatic heterocycles. The molecule has 0 radical (unpaired) electrons. The van der Waals surface area contributed by atoms with Crippen molar-refractivity contribution in [3.05, 3.63) is 17.5 Å². The standard InChI is InChI=1S/C12H19N3.C2H6/c1-9(2)10-8-11(12(3,4)5)15(14-10)7-6-13;1-2/h8-9H,7H2,1-5H3;1-2H3. The topological polar surface area (TPSA) is 41.6 Å². The SMILES string of the molecule is CC.CC(C)c1cc(C(C)(C)C)n(CC#N)n1. The van der Waals surface area contributed by atoms with Gasteiger partial charge in [0.25, 0.3) is 0 Å². The molecule has 0 aliphatic carbocycles. The van der Waals surface area contributed by atoms with Crippen molar-refractivity contribution in [3.8, 4) is 6.07 Å². The van der Waals surface area contributed by atoms with Crippen LogP contribution in [0.25, 0.3) is 0 Å². The van der Waals surface area contributed by atoms with Gasteiger partial charge in [-0.15, -0.1) is 0 Å². The molecule has 0 aromatic carbocycles. The Hall–Kier alpha value is -1.30. The zero-order valence-electron chi connectivity index (χ0n) is 12.2. The predicted molar refractivity (Wildman–Crippen MR) is 72.0 cm³/mol. The lowest BCUT2D eigenvalue weighted by atomic mass is 9.91. The van der Waals surface area contributed by atoms with Crippen molar-refractivity contribution < 1.29 is 0 Å². The van der Waals surface area contributed by atoms with Crippen LogP contribution in [0.3, 0.4) is 0 Å². The Kier molecular flexibility index (Phi) is 5.95. The van der Waals surface area contributed by atoms with Gasteiger partial charge in [-0.3, -0.25) is 4.68 Å². The van der Waals surface area contributed by atoms with Crippen molar-refractivity contribution in [2.75, 3.05) is 0 Å². The molecule has 0 N–H and O–H groups in total. The molecule has 3 nitrogen and oxygen atoms in total. The average molecular weight is 235 g/mol. The highest BCUT2D eigenvalue weighted by Gasteiger charge is 2.21. The van der Waals surface area contributed by atoms with Gasteiger partial charge in [0.1, 0.15) is 6.54 Å². The maximum atomic E-state index is 8.75. The third-order valence-electron chi connectivity index (χ3n) is 2.38. The van der Waals surface area contributed by atoms with Crippen LogP contribution in [0.5, 0.6) is 0 Å². The first-order valence-corrected chi connectivity index (χ1v) is 6.31. The van der Waals surface area contributed by atoms with Crippen molar-refractivity contribution in [2.24, 2.45) is 0 Å². The fourth-order valence-electron chi connectivity index (χ4n) is 1.51. The summed E-state index contributed by atoms with van der Waals surface area (Å²) in [6.07, 6.45) is 0. The van der Waals surface area contributed by atoms with Crippen molar-refractivity contribution in [2.45, 2.75) is 66.3 Å². The lowest BCUT2D eigenvalue weighted by Gasteiger charge is -2.18. The molecule has 96 valence electrons. The van der Waals surface area contributed by atoms with Crippen LogP contribution in [-0.4, -0.2) is 9.78 Å². The molecule has 0 atom stereocenters. The van der Waals surface area contributed by atoms with E-state index in [-0.39, 0.29) is 5.41 Å². The summed E-state index contributed by atoms with van der Waals surface area (Å²) < 4.78 is 1.81. The van der Waals surface area contributed by atoms with Gasteiger partial charge in [0, 0.05) is 11.1 Å². The van der Waals surface area contributed by atoms with Crippen LogP contribution in [0.1, 0.15) is 65.8 Å². The van der Waals surface area contributed by atoms with Crippen LogP contribution >= 0.6 is 0 Å². The Morgan fingerprint density at radius 3 is 2.24 bits per heavy atom. The third-order valence-corrected chi connectivity index (χ3v) is 2.38. The Bertz CT molecular complexity index is 375. The van der Waals surface area contributed by atoms with Gasteiger partial charge in [-0.1, -0.05) is 48.5 Å². The normalized spacial score (nSPS) is 10.8. The van der Waals surface area contributed by atoms with Crippen LogP contribution in [0, 0.1) is 11.3 Å². The fourth-order valence-corrected chi connectivity index (χ4v) is 1.51. The van der Waals surface area contributed by atoms with Gasteiger partial charge in [-0.2, -0.15) is 10.4 Å². The quantitative estimate of drug-likeness (QED) is 0.781. The lowest BCUT2D eigenvalue weighted by molar-refractivity contribution is 0.509. The van der Waals surface area contributed by atoms with Gasteiger partial charge in [-0.25, -0.2) is 0 Å². The zero-order chi connectivity index (χ0) is 13.6. The van der Waals surface area contributed by atoms with Crippen molar-refractivity contribution in [1.82, 2.24) is 9.78 Å². The first-order valence-electron chi connectivity index (χ1n) is 6.31. The van der Waals surface area contributed by atoms with E-state index < -0.39 is 0 Å². The average Bonchev–Trinajstić information content (AvgIpc) is 2.65. The molecule has 3 heteroatoms. The monoisotopic (exact) mass is 235 g/mol. The molecule has 0 saturated carbocycles. The van der Waals surface area contributed by atoms with Crippen LogP contribution < -0.4 is 0 Å². The molecule has 1 rings (SSSR count). The molecule has 0 unspecified atom stereocenters. The number of aromatic nitrogens is 2. The number of nitrogens with zero attached hydrogens (tertiary/aromatic N) is 3. The summed E-state index contributed by atoms with van der Waals surface area (Å²) in [4.78, 5) is 0. The third kappa shape index (κ3) is 4.22. The van der Waals surface area contributed by atoms with E-state index in [1.165, 1.54) is 0 Å². The number of rotatable bonds is 2. The zero-order valence-corrected chi connectivity index (χ0v) is 12.2. The smallest absolute Gasteiger partial charge is 0.128 e. The molecule has 0 saturated heterocycles. The fraction of sp³-hybridized carbons (Fsp3) is 0.714. The van der Waals surface area contributed by atoms with Crippen molar-refractivity contribution in [1.29, 1.82) is 5.26 Å². The predicted octanol–water partition coefficient (Wildman–Crippen LogP) is 3.85. The van der Waals surface area contributed by atoms with Gasteiger partial charge in [0.05, 0.1) is 11.8 Å². The van der Waals surface area contributed by atoms with E-state index in [1.807, 2.05) is 18.5 Å². The molecule has 0 fully saturated rings. The highest BCUT2D eigenvalue weighted by molar-refractivity contribution is 5.20. The van der Waals surface area contributed by atoms with E-state index in [0.717, 1.165) is 11.4 Å². The van der Waals surface area contributed by atoms with E-state index >= 15 is 0 Å². The highest BCUT2D eigenvalue weighted by Crippen LogP contribution is 2.25. The minimum absolute atomic E-state index is 0.0387. The molecular weight excluding hydrogens is 210 g/mol. The minimum atomic E-state index is 0.0387. The molecular formula is C14H25N3. The van der Waals surface area contributed by atoms with Gasteiger partial charge in [0.2, 0.25) is 0 Å². The molecule has 1 aromatic rings. The largest absolute Gasteiger partial charge is 0.255 e. The Morgan fingerprint density at radius 1 is 1.35 bits per heavy atom. The number of hydrogen-bond donors (Lipinski definition) is 0. The molecule has 1 aromatic heterocycles.